The minimum absolute atomic E-state index is 0.413. The number of halogens is 2. The second-order valence-corrected chi connectivity index (χ2v) is 8.49. The van der Waals surface area contributed by atoms with Gasteiger partial charge >= 0.3 is 0 Å². The van der Waals surface area contributed by atoms with Crippen LogP contribution in [0.4, 0.5) is 0 Å². The minimum atomic E-state index is 0.413. The van der Waals surface area contributed by atoms with Crippen LogP contribution in [-0.4, -0.2) is 12.6 Å². The van der Waals surface area contributed by atoms with Crippen molar-refractivity contribution >= 4 is 23.2 Å². The van der Waals surface area contributed by atoms with Crippen molar-refractivity contribution in [2.24, 2.45) is 0 Å². The fourth-order valence-electron chi connectivity index (χ4n) is 3.76. The maximum Gasteiger partial charge on any atom is 0.161 e. The molecule has 2 aromatic rings. The third-order valence-corrected chi connectivity index (χ3v) is 6.13. The zero-order chi connectivity index (χ0) is 20.5. The van der Waals surface area contributed by atoms with Gasteiger partial charge in [-0.2, -0.15) is 0 Å². The number of nitrogens with one attached hydrogen (secondary N) is 1. The molecule has 0 radical (unpaired) electrons. The summed E-state index contributed by atoms with van der Waals surface area (Å²) in [6, 6.07) is 12.4. The maximum atomic E-state index is 6.10. The summed E-state index contributed by atoms with van der Waals surface area (Å²) in [6.07, 6.45) is 9.38. The Labute approximate surface area is 184 Å². The van der Waals surface area contributed by atoms with E-state index in [-0.39, 0.29) is 0 Å². The molecule has 1 N–H and O–H groups in total. The lowest BCUT2D eigenvalue weighted by atomic mass is 9.96. The molecule has 0 amide bonds. The molecule has 0 heterocycles. The number of hydrogen-bond donors (Lipinski definition) is 1. The molecule has 0 unspecified atom stereocenters. The predicted molar refractivity (Wildman–Crippen MR) is 121 cm³/mol. The van der Waals surface area contributed by atoms with Crippen LogP contribution >= 0.6 is 23.2 Å². The lowest BCUT2D eigenvalue weighted by Crippen LogP contribution is -2.29. The van der Waals surface area contributed by atoms with Gasteiger partial charge in [-0.1, -0.05) is 67.4 Å². The van der Waals surface area contributed by atoms with Gasteiger partial charge in [-0.15, -0.1) is 0 Å². The molecule has 1 saturated carbocycles. The molecule has 0 aromatic heterocycles. The Bertz CT molecular complexity index is 773. The van der Waals surface area contributed by atoms with E-state index in [0.717, 1.165) is 23.6 Å². The summed E-state index contributed by atoms with van der Waals surface area (Å²) in [4.78, 5) is 0. The summed E-state index contributed by atoms with van der Waals surface area (Å²) in [5.41, 5.74) is 2.19. The second-order valence-electron chi connectivity index (χ2n) is 7.67. The van der Waals surface area contributed by atoms with Crippen molar-refractivity contribution < 1.29 is 9.47 Å². The van der Waals surface area contributed by atoms with E-state index in [4.69, 9.17) is 32.7 Å². The summed E-state index contributed by atoms with van der Waals surface area (Å²) in [6.45, 7) is 3.86. The summed E-state index contributed by atoms with van der Waals surface area (Å²) in [5.74, 6) is 1.53. The molecule has 0 bridgehead atoms. The molecular formula is C24H31Cl2NO2. The fourth-order valence-corrected chi connectivity index (χ4v) is 4.08. The predicted octanol–water partition coefficient (Wildman–Crippen LogP) is 7.17. The molecule has 1 aliphatic rings. The van der Waals surface area contributed by atoms with E-state index in [1.54, 1.807) is 6.07 Å². The molecule has 1 aliphatic carbocycles. The van der Waals surface area contributed by atoms with Gasteiger partial charge in [0.2, 0.25) is 0 Å². The molecule has 0 atom stereocenters. The van der Waals surface area contributed by atoms with Crippen LogP contribution in [0.1, 0.15) is 63.0 Å². The first-order valence-corrected chi connectivity index (χ1v) is 11.5. The molecular weight excluding hydrogens is 405 g/mol. The largest absolute Gasteiger partial charge is 0.490 e. The van der Waals surface area contributed by atoms with Crippen LogP contribution in [0.3, 0.4) is 0 Å². The van der Waals surface area contributed by atoms with Crippen LogP contribution in [0.2, 0.25) is 10.0 Å². The molecule has 2 aromatic carbocycles. The van der Waals surface area contributed by atoms with Gasteiger partial charge in [0.25, 0.3) is 0 Å². The van der Waals surface area contributed by atoms with Crippen molar-refractivity contribution in [2.75, 3.05) is 6.61 Å². The minimum Gasteiger partial charge on any atom is -0.490 e. The first-order valence-electron chi connectivity index (χ1n) is 10.7. The quantitative estimate of drug-likeness (QED) is 0.476. The summed E-state index contributed by atoms with van der Waals surface area (Å²) in [5, 5.41) is 4.82. The highest BCUT2D eigenvalue weighted by Crippen LogP contribution is 2.30. The average Bonchev–Trinajstić information content (AvgIpc) is 2.69. The summed E-state index contributed by atoms with van der Waals surface area (Å²) >= 11 is 12.1. The Morgan fingerprint density at radius 1 is 0.828 bits per heavy atom. The van der Waals surface area contributed by atoms with E-state index in [9.17, 15) is 0 Å². The zero-order valence-corrected chi connectivity index (χ0v) is 18.7. The zero-order valence-electron chi connectivity index (χ0n) is 17.2. The number of ether oxygens (including phenoxy) is 2. The van der Waals surface area contributed by atoms with Crippen molar-refractivity contribution in [2.45, 2.75) is 71.1 Å². The Balaban J connectivity index is 1.60. The fraction of sp³-hybridized carbons (Fsp3) is 0.500. The summed E-state index contributed by atoms with van der Waals surface area (Å²) < 4.78 is 11.8. The van der Waals surface area contributed by atoms with Crippen LogP contribution < -0.4 is 14.8 Å². The van der Waals surface area contributed by atoms with Crippen LogP contribution in [0, 0.1) is 0 Å². The molecule has 3 rings (SSSR count). The van der Waals surface area contributed by atoms with E-state index in [1.165, 1.54) is 50.5 Å². The van der Waals surface area contributed by atoms with Crippen LogP contribution in [-0.2, 0) is 13.2 Å². The van der Waals surface area contributed by atoms with Crippen LogP contribution in [0.25, 0.3) is 0 Å². The molecule has 3 nitrogen and oxygen atoms in total. The average molecular weight is 436 g/mol. The lowest BCUT2D eigenvalue weighted by molar-refractivity contribution is 0.269. The highest BCUT2D eigenvalue weighted by molar-refractivity contribution is 6.42. The normalized spacial score (nSPS) is 15.6. The maximum absolute atomic E-state index is 6.10. The SMILES string of the molecule is CCOc1cc(CNC2CCCCCCC2)ccc1OCc1ccc(Cl)c(Cl)c1. The van der Waals surface area contributed by atoms with Crippen molar-refractivity contribution in [3.63, 3.8) is 0 Å². The van der Waals surface area contributed by atoms with E-state index < -0.39 is 0 Å². The Kier molecular flexibility index (Phi) is 8.97. The van der Waals surface area contributed by atoms with Crippen molar-refractivity contribution in [3.05, 3.63) is 57.6 Å². The van der Waals surface area contributed by atoms with Gasteiger partial charge in [0.05, 0.1) is 16.7 Å². The Hall–Kier alpha value is -1.42. The van der Waals surface area contributed by atoms with Crippen molar-refractivity contribution in [3.8, 4) is 11.5 Å². The number of rotatable bonds is 8. The van der Waals surface area contributed by atoms with Gasteiger partial charge < -0.3 is 14.8 Å². The molecule has 1 fully saturated rings. The Morgan fingerprint density at radius 2 is 1.55 bits per heavy atom. The van der Waals surface area contributed by atoms with Crippen LogP contribution in [0.15, 0.2) is 36.4 Å². The molecule has 0 saturated heterocycles. The highest BCUT2D eigenvalue weighted by Gasteiger charge is 2.12. The standard InChI is InChI=1S/C24H31Cl2NO2/c1-2-28-24-15-18(16-27-20-8-6-4-3-5-7-9-20)11-13-23(24)29-17-19-10-12-21(25)22(26)14-19/h10-15,20,27H,2-9,16-17H2,1H3. The van der Waals surface area contributed by atoms with Crippen molar-refractivity contribution in [1.29, 1.82) is 0 Å². The van der Waals surface area contributed by atoms with E-state index >= 15 is 0 Å². The van der Waals surface area contributed by atoms with E-state index in [1.807, 2.05) is 25.1 Å². The smallest absolute Gasteiger partial charge is 0.161 e. The third kappa shape index (κ3) is 7.09. The number of benzene rings is 2. The van der Waals surface area contributed by atoms with Crippen LogP contribution in [0.5, 0.6) is 11.5 Å². The highest BCUT2D eigenvalue weighted by atomic mass is 35.5. The Morgan fingerprint density at radius 3 is 2.28 bits per heavy atom. The molecule has 5 heteroatoms. The molecule has 0 aliphatic heterocycles. The summed E-state index contributed by atoms with van der Waals surface area (Å²) in [7, 11) is 0. The number of hydrogen-bond acceptors (Lipinski definition) is 3. The topological polar surface area (TPSA) is 30.5 Å². The van der Waals surface area contributed by atoms with Gasteiger partial charge in [-0.25, -0.2) is 0 Å². The first kappa shape index (κ1) is 22.3. The first-order chi connectivity index (χ1) is 14.2. The monoisotopic (exact) mass is 435 g/mol. The van der Waals surface area contributed by atoms with E-state index in [0.29, 0.717) is 29.3 Å². The van der Waals surface area contributed by atoms with Gasteiger partial charge in [0.15, 0.2) is 11.5 Å². The van der Waals surface area contributed by atoms with Gasteiger partial charge in [0.1, 0.15) is 6.61 Å². The van der Waals surface area contributed by atoms with Gasteiger partial charge in [-0.3, -0.25) is 0 Å². The lowest BCUT2D eigenvalue weighted by Gasteiger charge is -2.21. The third-order valence-electron chi connectivity index (χ3n) is 5.39. The van der Waals surface area contributed by atoms with Gasteiger partial charge in [-0.05, 0) is 55.2 Å². The van der Waals surface area contributed by atoms with E-state index in [2.05, 4.69) is 17.4 Å². The molecule has 0 spiro atoms. The van der Waals surface area contributed by atoms with Gasteiger partial charge in [0, 0.05) is 12.6 Å². The van der Waals surface area contributed by atoms with Crippen molar-refractivity contribution in [1.82, 2.24) is 5.32 Å². The molecule has 29 heavy (non-hydrogen) atoms. The molecule has 158 valence electrons. The second kappa shape index (κ2) is 11.7.